The molecule has 0 aliphatic heterocycles. The highest BCUT2D eigenvalue weighted by Gasteiger charge is 2.08. The lowest BCUT2D eigenvalue weighted by Crippen LogP contribution is -2.11. The molecular formula is C19H16ClN3O2. The number of benzene rings is 2. The summed E-state index contributed by atoms with van der Waals surface area (Å²) in [7, 11) is 0. The number of ether oxygens (including phenoxy) is 1. The van der Waals surface area contributed by atoms with Gasteiger partial charge in [-0.25, -0.2) is 9.97 Å². The van der Waals surface area contributed by atoms with Gasteiger partial charge in [-0.05, 0) is 50.2 Å². The normalized spacial score (nSPS) is 10.4. The molecule has 0 saturated heterocycles. The summed E-state index contributed by atoms with van der Waals surface area (Å²) in [5, 5.41) is 3.33. The average molecular weight is 354 g/mol. The van der Waals surface area contributed by atoms with Crippen molar-refractivity contribution in [3.8, 4) is 11.8 Å². The van der Waals surface area contributed by atoms with E-state index >= 15 is 0 Å². The number of nitrogens with one attached hydrogen (secondary N) is 1. The molecule has 0 spiro atoms. The van der Waals surface area contributed by atoms with E-state index in [2.05, 4.69) is 15.3 Å². The Kier molecular flexibility index (Phi) is 4.95. The second-order valence-electron chi connectivity index (χ2n) is 5.53. The highest BCUT2D eigenvalue weighted by Crippen LogP contribution is 2.23. The third-order valence-corrected chi connectivity index (χ3v) is 3.58. The van der Waals surface area contributed by atoms with Gasteiger partial charge in [0.25, 0.3) is 5.91 Å². The quantitative estimate of drug-likeness (QED) is 0.732. The fourth-order valence-electron chi connectivity index (χ4n) is 2.31. The summed E-state index contributed by atoms with van der Waals surface area (Å²) >= 11 is 5.92. The number of hydrogen-bond acceptors (Lipinski definition) is 4. The molecule has 126 valence electrons. The van der Waals surface area contributed by atoms with Crippen LogP contribution in [0, 0.1) is 13.8 Å². The number of aryl methyl sites for hydroxylation is 2. The summed E-state index contributed by atoms with van der Waals surface area (Å²) in [6.45, 7) is 3.76. The van der Waals surface area contributed by atoms with Crippen LogP contribution in [0.1, 0.15) is 21.7 Å². The van der Waals surface area contributed by atoms with Crippen molar-refractivity contribution in [2.24, 2.45) is 0 Å². The van der Waals surface area contributed by atoms with Gasteiger partial charge in [-0.3, -0.25) is 4.79 Å². The molecule has 2 aromatic carbocycles. The van der Waals surface area contributed by atoms with Gasteiger partial charge in [-0.1, -0.05) is 23.7 Å². The third kappa shape index (κ3) is 4.55. The molecule has 0 atom stereocenters. The van der Waals surface area contributed by atoms with Crippen LogP contribution >= 0.6 is 11.6 Å². The van der Waals surface area contributed by atoms with Crippen molar-refractivity contribution in [3.63, 3.8) is 0 Å². The zero-order valence-corrected chi connectivity index (χ0v) is 14.5. The van der Waals surface area contributed by atoms with E-state index in [-0.39, 0.29) is 11.9 Å². The molecule has 0 fully saturated rings. The van der Waals surface area contributed by atoms with E-state index < -0.39 is 0 Å². The molecule has 6 heteroatoms. The summed E-state index contributed by atoms with van der Waals surface area (Å²) in [5.74, 6) is 0.288. The van der Waals surface area contributed by atoms with Crippen LogP contribution in [0.15, 0.2) is 54.6 Å². The Morgan fingerprint density at radius 2 is 1.72 bits per heavy atom. The predicted octanol–water partition coefficient (Wildman–Crippen LogP) is 4.79. The standard InChI is InChI=1S/C19H16ClN3O2/c1-12-9-13(2)22-19(21-12)25-17-8-4-7-16(11-17)23-18(24)14-5-3-6-15(20)10-14/h3-11H,1-2H3,(H,23,24). The van der Waals surface area contributed by atoms with Crippen molar-refractivity contribution in [3.05, 3.63) is 76.6 Å². The predicted molar refractivity (Wildman–Crippen MR) is 97.4 cm³/mol. The maximum absolute atomic E-state index is 12.3. The summed E-state index contributed by atoms with van der Waals surface area (Å²) in [5.41, 5.74) is 2.74. The molecule has 0 saturated carbocycles. The molecule has 0 radical (unpaired) electrons. The molecule has 1 aromatic heterocycles. The topological polar surface area (TPSA) is 64.1 Å². The number of nitrogens with zero attached hydrogens (tertiary/aromatic N) is 2. The van der Waals surface area contributed by atoms with Crippen LogP contribution in [0.4, 0.5) is 5.69 Å². The number of anilines is 1. The second-order valence-corrected chi connectivity index (χ2v) is 5.96. The van der Waals surface area contributed by atoms with Crippen molar-refractivity contribution in [2.75, 3.05) is 5.32 Å². The first-order chi connectivity index (χ1) is 12.0. The van der Waals surface area contributed by atoms with Gasteiger partial charge in [-0.2, -0.15) is 0 Å². The Hall–Kier alpha value is -2.92. The molecule has 5 nitrogen and oxygen atoms in total. The van der Waals surface area contributed by atoms with E-state index in [4.69, 9.17) is 16.3 Å². The van der Waals surface area contributed by atoms with Gasteiger partial charge in [0.2, 0.25) is 0 Å². The largest absolute Gasteiger partial charge is 0.424 e. The van der Waals surface area contributed by atoms with E-state index in [1.54, 1.807) is 48.5 Å². The number of carbonyl (C=O) groups excluding carboxylic acids is 1. The van der Waals surface area contributed by atoms with Gasteiger partial charge in [0, 0.05) is 33.7 Å². The molecule has 0 bridgehead atoms. The minimum absolute atomic E-state index is 0.248. The number of rotatable bonds is 4. The first-order valence-electron chi connectivity index (χ1n) is 7.67. The van der Waals surface area contributed by atoms with Crippen LogP contribution in [0.3, 0.4) is 0 Å². The van der Waals surface area contributed by atoms with Crippen molar-refractivity contribution >= 4 is 23.2 Å². The van der Waals surface area contributed by atoms with Crippen molar-refractivity contribution < 1.29 is 9.53 Å². The van der Waals surface area contributed by atoms with Crippen molar-refractivity contribution in [1.29, 1.82) is 0 Å². The molecule has 3 rings (SSSR count). The number of amides is 1. The monoisotopic (exact) mass is 353 g/mol. The van der Waals surface area contributed by atoms with E-state index in [9.17, 15) is 4.79 Å². The number of aromatic nitrogens is 2. The van der Waals surface area contributed by atoms with Gasteiger partial charge in [0.1, 0.15) is 5.75 Å². The molecule has 25 heavy (non-hydrogen) atoms. The highest BCUT2D eigenvalue weighted by molar-refractivity contribution is 6.31. The van der Waals surface area contributed by atoms with Crippen LogP contribution in [0.2, 0.25) is 5.02 Å². The first kappa shape index (κ1) is 16.9. The lowest BCUT2D eigenvalue weighted by Gasteiger charge is -2.09. The molecule has 1 heterocycles. The van der Waals surface area contributed by atoms with E-state index in [0.29, 0.717) is 22.0 Å². The minimum Gasteiger partial charge on any atom is -0.424 e. The number of carbonyl (C=O) groups is 1. The van der Waals surface area contributed by atoms with Gasteiger partial charge >= 0.3 is 6.01 Å². The molecule has 3 aromatic rings. The zero-order valence-electron chi connectivity index (χ0n) is 13.8. The van der Waals surface area contributed by atoms with E-state index in [0.717, 1.165) is 11.4 Å². The number of halogens is 1. The van der Waals surface area contributed by atoms with Gasteiger partial charge in [0.05, 0.1) is 0 Å². The molecule has 0 aliphatic rings. The molecule has 0 unspecified atom stereocenters. The van der Waals surface area contributed by atoms with Crippen molar-refractivity contribution in [2.45, 2.75) is 13.8 Å². The Morgan fingerprint density at radius 3 is 2.44 bits per heavy atom. The van der Waals surface area contributed by atoms with E-state index in [1.165, 1.54) is 0 Å². The third-order valence-electron chi connectivity index (χ3n) is 3.35. The fourth-order valence-corrected chi connectivity index (χ4v) is 2.51. The highest BCUT2D eigenvalue weighted by atomic mass is 35.5. The number of hydrogen-bond donors (Lipinski definition) is 1. The molecular weight excluding hydrogens is 338 g/mol. The summed E-state index contributed by atoms with van der Waals surface area (Å²) in [4.78, 5) is 20.8. The van der Waals surface area contributed by atoms with Crippen LogP contribution < -0.4 is 10.1 Å². The molecule has 0 aliphatic carbocycles. The zero-order chi connectivity index (χ0) is 17.8. The Labute approximate surface area is 150 Å². The average Bonchev–Trinajstić information content (AvgIpc) is 2.54. The van der Waals surface area contributed by atoms with Crippen LogP contribution in [0.25, 0.3) is 0 Å². The van der Waals surface area contributed by atoms with Crippen LogP contribution in [-0.4, -0.2) is 15.9 Å². The molecule has 1 amide bonds. The molecule has 1 N–H and O–H groups in total. The van der Waals surface area contributed by atoms with Gasteiger partial charge in [-0.15, -0.1) is 0 Å². The van der Waals surface area contributed by atoms with E-state index in [1.807, 2.05) is 19.9 Å². The Bertz CT molecular complexity index is 908. The lowest BCUT2D eigenvalue weighted by molar-refractivity contribution is 0.102. The summed E-state index contributed by atoms with van der Waals surface area (Å²) in [6.07, 6.45) is 0. The van der Waals surface area contributed by atoms with Crippen molar-refractivity contribution in [1.82, 2.24) is 9.97 Å². The summed E-state index contributed by atoms with van der Waals surface area (Å²) in [6, 6.07) is 15.9. The first-order valence-corrected chi connectivity index (χ1v) is 8.04. The Morgan fingerprint density at radius 1 is 1.00 bits per heavy atom. The van der Waals surface area contributed by atoms with Gasteiger partial charge in [0.15, 0.2) is 0 Å². The van der Waals surface area contributed by atoms with Gasteiger partial charge < -0.3 is 10.1 Å². The second kappa shape index (κ2) is 7.32. The SMILES string of the molecule is Cc1cc(C)nc(Oc2cccc(NC(=O)c3cccc(Cl)c3)c2)n1. The minimum atomic E-state index is -0.248. The maximum Gasteiger partial charge on any atom is 0.322 e. The maximum atomic E-state index is 12.3. The Balaban J connectivity index is 1.76. The fraction of sp³-hybridized carbons (Fsp3) is 0.105. The lowest BCUT2D eigenvalue weighted by atomic mass is 10.2. The summed E-state index contributed by atoms with van der Waals surface area (Å²) < 4.78 is 5.69. The van der Waals surface area contributed by atoms with Crippen LogP contribution in [-0.2, 0) is 0 Å². The van der Waals surface area contributed by atoms with Crippen LogP contribution in [0.5, 0.6) is 11.8 Å². The smallest absolute Gasteiger partial charge is 0.322 e.